The molecule has 0 heterocycles. The van der Waals surface area contributed by atoms with E-state index in [0.717, 1.165) is 27.3 Å². The standard InChI is InChI=1S/C31H37Cl2N3O4S/c1-21(2)18-34-31(38)29(17-24-9-7-6-8-10-24)35(19-25-12-14-27(32)28(33)16-25)30(37)20-36(41(5,39)40)26-13-11-22(3)23(4)15-26/h6-16,21,29H,17-20H2,1-5H3,(H,34,38)/t29-/m1/s1. The molecule has 0 saturated carbocycles. The van der Waals surface area contributed by atoms with E-state index < -0.39 is 28.5 Å². The fraction of sp³-hybridized carbons (Fsp3) is 0.355. The van der Waals surface area contributed by atoms with Gasteiger partial charge in [0.15, 0.2) is 0 Å². The maximum Gasteiger partial charge on any atom is 0.244 e. The highest BCUT2D eigenvalue weighted by atomic mass is 35.5. The average molecular weight is 619 g/mol. The molecule has 1 N–H and O–H groups in total. The minimum atomic E-state index is -3.84. The SMILES string of the molecule is Cc1ccc(N(CC(=O)N(Cc2ccc(Cl)c(Cl)c2)[C@H](Cc2ccccc2)C(=O)NCC(C)C)S(C)(=O)=O)cc1C. The maximum absolute atomic E-state index is 14.1. The van der Waals surface area contributed by atoms with Crippen LogP contribution in [0.4, 0.5) is 5.69 Å². The quantitative estimate of drug-likeness (QED) is 0.279. The van der Waals surface area contributed by atoms with E-state index in [-0.39, 0.29) is 24.8 Å². The fourth-order valence-electron chi connectivity index (χ4n) is 4.31. The van der Waals surface area contributed by atoms with Gasteiger partial charge in [0.2, 0.25) is 21.8 Å². The number of aryl methyl sites for hydroxylation is 2. The van der Waals surface area contributed by atoms with E-state index >= 15 is 0 Å². The van der Waals surface area contributed by atoms with Crippen LogP contribution in [0.15, 0.2) is 66.7 Å². The molecule has 1 atom stereocenters. The van der Waals surface area contributed by atoms with Gasteiger partial charge in [-0.1, -0.05) is 79.5 Å². The summed E-state index contributed by atoms with van der Waals surface area (Å²) in [7, 11) is -3.84. The minimum absolute atomic E-state index is 0.0207. The van der Waals surface area contributed by atoms with Gasteiger partial charge in [0.1, 0.15) is 12.6 Å². The zero-order chi connectivity index (χ0) is 30.3. The third kappa shape index (κ3) is 9.21. The van der Waals surface area contributed by atoms with Gasteiger partial charge in [-0.15, -0.1) is 0 Å². The summed E-state index contributed by atoms with van der Waals surface area (Å²) in [6, 6.07) is 18.7. The summed E-state index contributed by atoms with van der Waals surface area (Å²) in [6.45, 7) is 7.75. The van der Waals surface area contributed by atoms with Gasteiger partial charge in [-0.3, -0.25) is 13.9 Å². The van der Waals surface area contributed by atoms with Gasteiger partial charge in [0.05, 0.1) is 22.0 Å². The molecule has 41 heavy (non-hydrogen) atoms. The van der Waals surface area contributed by atoms with Crippen molar-refractivity contribution in [3.05, 3.63) is 99.0 Å². The van der Waals surface area contributed by atoms with Gasteiger partial charge in [0.25, 0.3) is 0 Å². The first-order valence-corrected chi connectivity index (χ1v) is 16.0. The zero-order valence-corrected chi connectivity index (χ0v) is 26.4. The Balaban J connectivity index is 2.07. The fourth-order valence-corrected chi connectivity index (χ4v) is 5.47. The molecule has 10 heteroatoms. The van der Waals surface area contributed by atoms with Crippen LogP contribution in [0.3, 0.4) is 0 Å². The van der Waals surface area contributed by atoms with E-state index in [1.807, 2.05) is 64.1 Å². The Morgan fingerprint density at radius 1 is 0.878 bits per heavy atom. The maximum atomic E-state index is 14.1. The number of hydrogen-bond acceptors (Lipinski definition) is 4. The lowest BCUT2D eigenvalue weighted by Crippen LogP contribution is -2.53. The molecule has 0 aromatic heterocycles. The number of benzene rings is 3. The van der Waals surface area contributed by atoms with Gasteiger partial charge in [-0.05, 0) is 66.3 Å². The number of hydrogen-bond donors (Lipinski definition) is 1. The van der Waals surface area contributed by atoms with Crippen LogP contribution in [0.5, 0.6) is 0 Å². The van der Waals surface area contributed by atoms with Crippen molar-refractivity contribution in [1.82, 2.24) is 10.2 Å². The number of carbonyl (C=O) groups is 2. The first-order valence-electron chi connectivity index (χ1n) is 13.4. The van der Waals surface area contributed by atoms with E-state index in [1.165, 1.54) is 4.90 Å². The lowest BCUT2D eigenvalue weighted by molar-refractivity contribution is -0.140. The van der Waals surface area contributed by atoms with Crippen molar-refractivity contribution >= 4 is 50.7 Å². The highest BCUT2D eigenvalue weighted by Crippen LogP contribution is 2.26. The topological polar surface area (TPSA) is 86.8 Å². The number of nitrogens with zero attached hydrogens (tertiary/aromatic N) is 2. The van der Waals surface area contributed by atoms with Gasteiger partial charge >= 0.3 is 0 Å². The van der Waals surface area contributed by atoms with Crippen LogP contribution in [0.25, 0.3) is 0 Å². The number of nitrogens with one attached hydrogen (secondary N) is 1. The lowest BCUT2D eigenvalue weighted by atomic mass is 10.0. The summed E-state index contributed by atoms with van der Waals surface area (Å²) in [5.41, 5.74) is 3.78. The molecule has 3 rings (SSSR count). The molecule has 0 fully saturated rings. The minimum Gasteiger partial charge on any atom is -0.354 e. The molecule has 3 aromatic carbocycles. The summed E-state index contributed by atoms with van der Waals surface area (Å²) < 4.78 is 27.0. The normalized spacial score (nSPS) is 12.2. The molecule has 0 saturated heterocycles. The molecule has 0 unspecified atom stereocenters. The average Bonchev–Trinajstić information content (AvgIpc) is 2.91. The van der Waals surface area contributed by atoms with Crippen LogP contribution in [0, 0.1) is 19.8 Å². The second-order valence-electron chi connectivity index (χ2n) is 10.7. The van der Waals surface area contributed by atoms with Crippen LogP contribution in [0.1, 0.15) is 36.1 Å². The molecule has 2 amide bonds. The predicted octanol–water partition coefficient (Wildman–Crippen LogP) is 5.79. The molecule has 0 bridgehead atoms. The molecule has 0 radical (unpaired) electrons. The molecule has 3 aromatic rings. The number of anilines is 1. The number of halogens is 2. The van der Waals surface area contributed by atoms with Crippen LogP contribution < -0.4 is 9.62 Å². The third-order valence-electron chi connectivity index (χ3n) is 6.75. The van der Waals surface area contributed by atoms with Crippen molar-refractivity contribution in [2.24, 2.45) is 5.92 Å². The molecular formula is C31H37Cl2N3O4S. The largest absolute Gasteiger partial charge is 0.354 e. The lowest BCUT2D eigenvalue weighted by Gasteiger charge is -2.33. The van der Waals surface area contributed by atoms with Gasteiger partial charge in [-0.25, -0.2) is 8.42 Å². The molecular weight excluding hydrogens is 581 g/mol. The van der Waals surface area contributed by atoms with E-state index in [4.69, 9.17) is 23.2 Å². The number of amides is 2. The van der Waals surface area contributed by atoms with Crippen molar-refractivity contribution < 1.29 is 18.0 Å². The van der Waals surface area contributed by atoms with E-state index in [0.29, 0.717) is 27.8 Å². The summed E-state index contributed by atoms with van der Waals surface area (Å²) >= 11 is 12.4. The van der Waals surface area contributed by atoms with Crippen LogP contribution >= 0.6 is 23.2 Å². The molecule has 220 valence electrons. The zero-order valence-electron chi connectivity index (χ0n) is 24.0. The summed E-state index contributed by atoms with van der Waals surface area (Å²) in [4.78, 5) is 29.2. The van der Waals surface area contributed by atoms with Crippen molar-refractivity contribution in [3.8, 4) is 0 Å². The smallest absolute Gasteiger partial charge is 0.244 e. The Morgan fingerprint density at radius 2 is 1.56 bits per heavy atom. The van der Waals surface area contributed by atoms with E-state index in [9.17, 15) is 18.0 Å². The van der Waals surface area contributed by atoms with Crippen molar-refractivity contribution in [2.45, 2.75) is 46.7 Å². The van der Waals surface area contributed by atoms with Crippen LogP contribution in [0.2, 0.25) is 10.0 Å². The predicted molar refractivity (Wildman–Crippen MR) is 167 cm³/mol. The monoisotopic (exact) mass is 617 g/mol. The Morgan fingerprint density at radius 3 is 2.15 bits per heavy atom. The Labute approximate surface area is 253 Å². The van der Waals surface area contributed by atoms with E-state index in [2.05, 4.69) is 5.32 Å². The second kappa shape index (κ2) is 14.2. The number of rotatable bonds is 12. The van der Waals surface area contributed by atoms with Crippen molar-refractivity contribution in [2.75, 3.05) is 23.7 Å². The third-order valence-corrected chi connectivity index (χ3v) is 8.63. The van der Waals surface area contributed by atoms with E-state index in [1.54, 1.807) is 30.3 Å². The molecule has 0 aliphatic carbocycles. The van der Waals surface area contributed by atoms with Crippen molar-refractivity contribution in [1.29, 1.82) is 0 Å². The van der Waals surface area contributed by atoms with Crippen LogP contribution in [-0.4, -0.2) is 50.5 Å². The van der Waals surface area contributed by atoms with Gasteiger partial charge < -0.3 is 10.2 Å². The highest BCUT2D eigenvalue weighted by Gasteiger charge is 2.33. The molecule has 0 aliphatic heterocycles. The summed E-state index contributed by atoms with van der Waals surface area (Å²) in [5.74, 6) is -0.658. The number of carbonyl (C=O) groups excluding carboxylic acids is 2. The first kappa shape index (κ1) is 32.4. The molecule has 0 aliphatic rings. The number of sulfonamides is 1. The second-order valence-corrected chi connectivity index (χ2v) is 13.4. The Bertz CT molecular complexity index is 1480. The van der Waals surface area contributed by atoms with Crippen LogP contribution in [-0.2, 0) is 32.6 Å². The first-order chi connectivity index (χ1) is 19.3. The van der Waals surface area contributed by atoms with Crippen molar-refractivity contribution in [3.63, 3.8) is 0 Å². The van der Waals surface area contributed by atoms with Gasteiger partial charge in [0, 0.05) is 19.5 Å². The Hall–Kier alpha value is -3.07. The Kier molecular flexibility index (Phi) is 11.2. The summed E-state index contributed by atoms with van der Waals surface area (Å²) in [5, 5.41) is 3.64. The molecule has 7 nitrogen and oxygen atoms in total. The highest BCUT2D eigenvalue weighted by molar-refractivity contribution is 7.92. The van der Waals surface area contributed by atoms with Gasteiger partial charge in [-0.2, -0.15) is 0 Å². The molecule has 0 spiro atoms. The summed E-state index contributed by atoms with van der Waals surface area (Å²) in [6.07, 6.45) is 1.30.